The normalized spacial score (nSPS) is 9.88. The van der Waals surface area contributed by atoms with E-state index in [2.05, 4.69) is 0 Å². The second-order valence-electron chi connectivity index (χ2n) is 3.83. The van der Waals surface area contributed by atoms with Gasteiger partial charge >= 0.3 is 0 Å². The third kappa shape index (κ3) is 2.63. The van der Waals surface area contributed by atoms with Crippen molar-refractivity contribution in [3.8, 4) is 0 Å². The molecule has 1 aromatic carbocycles. The minimum atomic E-state index is -0.0463. The zero-order valence-electron chi connectivity index (χ0n) is 9.63. The van der Waals surface area contributed by atoms with Gasteiger partial charge in [0.2, 0.25) is 0 Å². The van der Waals surface area contributed by atoms with Crippen LogP contribution < -0.4 is 0 Å². The summed E-state index contributed by atoms with van der Waals surface area (Å²) in [6, 6.07) is 3.82. The number of carbonyl (C=O) groups excluding carboxylic acids is 1. The van der Waals surface area contributed by atoms with Crippen molar-refractivity contribution in [1.29, 1.82) is 10.8 Å². The van der Waals surface area contributed by atoms with E-state index in [-0.39, 0.29) is 12.2 Å². The number of Topliss-reactive ketones (excluding diaryl/α,β-unsaturated/α-hetero) is 1. The molecule has 0 amide bonds. The maximum absolute atomic E-state index is 11.8. The van der Waals surface area contributed by atoms with Gasteiger partial charge in [0.1, 0.15) is 0 Å². The zero-order chi connectivity index (χ0) is 12.1. The van der Waals surface area contributed by atoms with E-state index in [9.17, 15) is 4.79 Å². The van der Waals surface area contributed by atoms with Crippen molar-refractivity contribution in [2.75, 3.05) is 0 Å². The fourth-order valence-corrected chi connectivity index (χ4v) is 1.62. The SMILES string of the molecule is Cc1cc(CC=N)c(C(=O)CC=N)cc1C. The van der Waals surface area contributed by atoms with Crippen molar-refractivity contribution in [3.63, 3.8) is 0 Å². The summed E-state index contributed by atoms with van der Waals surface area (Å²) >= 11 is 0. The van der Waals surface area contributed by atoms with Crippen molar-refractivity contribution < 1.29 is 4.79 Å². The molecule has 0 aliphatic rings. The van der Waals surface area contributed by atoms with E-state index in [0.717, 1.165) is 22.9 Å². The van der Waals surface area contributed by atoms with Crippen LogP contribution in [0.25, 0.3) is 0 Å². The van der Waals surface area contributed by atoms with Crippen LogP contribution in [0, 0.1) is 24.7 Å². The van der Waals surface area contributed by atoms with Gasteiger partial charge in [-0.2, -0.15) is 0 Å². The Morgan fingerprint density at radius 3 is 2.38 bits per heavy atom. The van der Waals surface area contributed by atoms with Crippen LogP contribution in [0.4, 0.5) is 0 Å². The van der Waals surface area contributed by atoms with E-state index in [1.807, 2.05) is 26.0 Å². The van der Waals surface area contributed by atoms with Crippen molar-refractivity contribution in [3.05, 3.63) is 34.4 Å². The van der Waals surface area contributed by atoms with Gasteiger partial charge in [-0.3, -0.25) is 4.79 Å². The lowest BCUT2D eigenvalue weighted by atomic mass is 9.94. The van der Waals surface area contributed by atoms with Crippen LogP contribution in [0.1, 0.15) is 33.5 Å². The van der Waals surface area contributed by atoms with Crippen LogP contribution in [-0.4, -0.2) is 18.2 Å². The molecule has 3 nitrogen and oxygen atoms in total. The molecule has 84 valence electrons. The van der Waals surface area contributed by atoms with Crippen molar-refractivity contribution in [1.82, 2.24) is 0 Å². The molecule has 0 aliphatic carbocycles. The first-order valence-corrected chi connectivity index (χ1v) is 5.21. The van der Waals surface area contributed by atoms with Crippen LogP contribution >= 0.6 is 0 Å². The molecule has 0 aliphatic heterocycles. The molecule has 3 heteroatoms. The molecule has 1 aromatic rings. The lowest BCUT2D eigenvalue weighted by Gasteiger charge is -2.09. The van der Waals surface area contributed by atoms with Crippen molar-refractivity contribution >= 4 is 18.2 Å². The van der Waals surface area contributed by atoms with E-state index in [1.165, 1.54) is 6.21 Å². The Labute approximate surface area is 95.5 Å². The van der Waals surface area contributed by atoms with E-state index in [0.29, 0.717) is 12.0 Å². The van der Waals surface area contributed by atoms with E-state index in [1.54, 1.807) is 0 Å². The number of ketones is 1. The third-order valence-electron chi connectivity index (χ3n) is 2.63. The van der Waals surface area contributed by atoms with Crippen molar-refractivity contribution in [2.45, 2.75) is 26.7 Å². The van der Waals surface area contributed by atoms with Crippen LogP contribution in [-0.2, 0) is 6.42 Å². The molecule has 0 unspecified atom stereocenters. The number of hydrogen-bond acceptors (Lipinski definition) is 3. The zero-order valence-corrected chi connectivity index (χ0v) is 9.63. The number of carbonyl (C=O) groups is 1. The second-order valence-corrected chi connectivity index (χ2v) is 3.83. The van der Waals surface area contributed by atoms with E-state index >= 15 is 0 Å². The van der Waals surface area contributed by atoms with E-state index in [4.69, 9.17) is 10.8 Å². The van der Waals surface area contributed by atoms with Crippen LogP contribution in [0.3, 0.4) is 0 Å². The Kier molecular flexibility index (Phi) is 4.11. The van der Waals surface area contributed by atoms with Gasteiger partial charge in [-0.15, -0.1) is 0 Å². The molecule has 0 radical (unpaired) electrons. The number of rotatable bonds is 5. The molecule has 0 heterocycles. The highest BCUT2D eigenvalue weighted by molar-refractivity contribution is 6.04. The smallest absolute Gasteiger partial charge is 0.168 e. The first-order valence-electron chi connectivity index (χ1n) is 5.21. The van der Waals surface area contributed by atoms with E-state index < -0.39 is 0 Å². The Hall–Kier alpha value is -1.77. The molecule has 2 N–H and O–H groups in total. The Morgan fingerprint density at radius 1 is 1.19 bits per heavy atom. The molecule has 0 saturated heterocycles. The van der Waals surface area contributed by atoms with Crippen LogP contribution in [0.15, 0.2) is 12.1 Å². The number of hydrogen-bond donors (Lipinski definition) is 2. The maximum Gasteiger partial charge on any atom is 0.168 e. The minimum absolute atomic E-state index is 0.0463. The van der Waals surface area contributed by atoms with Gasteiger partial charge in [-0.05, 0) is 42.8 Å². The lowest BCUT2D eigenvalue weighted by molar-refractivity contribution is 0.100. The number of aryl methyl sites for hydroxylation is 2. The molecular weight excluding hydrogens is 200 g/mol. The topological polar surface area (TPSA) is 64.8 Å². The molecule has 1 rings (SSSR count). The van der Waals surface area contributed by atoms with Gasteiger partial charge in [0, 0.05) is 24.6 Å². The summed E-state index contributed by atoms with van der Waals surface area (Å²) in [6.45, 7) is 3.96. The van der Waals surface area contributed by atoms with Crippen LogP contribution in [0.5, 0.6) is 0 Å². The monoisotopic (exact) mass is 216 g/mol. The summed E-state index contributed by atoms with van der Waals surface area (Å²) in [5, 5.41) is 14.1. The predicted molar refractivity (Wildman–Crippen MR) is 66.1 cm³/mol. The summed E-state index contributed by atoms with van der Waals surface area (Å²) in [5.41, 5.74) is 3.73. The molecule has 0 fully saturated rings. The van der Waals surface area contributed by atoms with Gasteiger partial charge in [0.15, 0.2) is 5.78 Å². The Bertz CT molecular complexity index is 436. The lowest BCUT2D eigenvalue weighted by Crippen LogP contribution is -2.06. The highest BCUT2D eigenvalue weighted by Gasteiger charge is 2.11. The maximum atomic E-state index is 11.8. The minimum Gasteiger partial charge on any atom is -0.313 e. The molecule has 0 saturated carbocycles. The van der Waals surface area contributed by atoms with Gasteiger partial charge in [-0.1, -0.05) is 6.07 Å². The van der Waals surface area contributed by atoms with Gasteiger partial charge < -0.3 is 10.8 Å². The quantitative estimate of drug-likeness (QED) is 0.576. The summed E-state index contributed by atoms with van der Waals surface area (Å²) in [6.07, 6.45) is 3.02. The summed E-state index contributed by atoms with van der Waals surface area (Å²) in [4.78, 5) is 11.8. The molecule has 0 spiro atoms. The van der Waals surface area contributed by atoms with Gasteiger partial charge in [-0.25, -0.2) is 0 Å². The molecule has 0 atom stereocenters. The summed E-state index contributed by atoms with van der Waals surface area (Å²) in [5.74, 6) is -0.0463. The highest BCUT2D eigenvalue weighted by atomic mass is 16.1. The first kappa shape index (κ1) is 12.3. The summed E-state index contributed by atoms with van der Waals surface area (Å²) in [7, 11) is 0. The molecule has 0 bridgehead atoms. The second kappa shape index (κ2) is 5.35. The molecular formula is C13H16N2O. The number of benzene rings is 1. The van der Waals surface area contributed by atoms with Crippen molar-refractivity contribution in [2.24, 2.45) is 0 Å². The first-order chi connectivity index (χ1) is 7.60. The van der Waals surface area contributed by atoms with Crippen LogP contribution in [0.2, 0.25) is 0 Å². The Morgan fingerprint density at radius 2 is 1.81 bits per heavy atom. The van der Waals surface area contributed by atoms with Gasteiger partial charge in [0.25, 0.3) is 0 Å². The van der Waals surface area contributed by atoms with Gasteiger partial charge in [0.05, 0.1) is 0 Å². The largest absolute Gasteiger partial charge is 0.313 e. The standard InChI is InChI=1S/C13H16N2O/c1-9-7-11(3-5-14)12(8-10(9)2)13(16)4-6-15/h5-8,14-15H,3-4H2,1-2H3. The highest BCUT2D eigenvalue weighted by Crippen LogP contribution is 2.17. The fourth-order valence-electron chi connectivity index (χ4n) is 1.62. The average Bonchev–Trinajstić information content (AvgIpc) is 2.23. The molecule has 0 aromatic heterocycles. The fraction of sp³-hybridized carbons (Fsp3) is 0.308. The summed E-state index contributed by atoms with van der Waals surface area (Å²) < 4.78 is 0. The Balaban J connectivity index is 3.23. The third-order valence-corrected chi connectivity index (χ3v) is 2.63. The number of nitrogens with one attached hydrogen (secondary N) is 2. The predicted octanol–water partition coefficient (Wildman–Crippen LogP) is 2.72. The average molecular weight is 216 g/mol. The molecule has 16 heavy (non-hydrogen) atoms.